The molecule has 0 radical (unpaired) electrons. The predicted octanol–water partition coefficient (Wildman–Crippen LogP) is -3.92. The first-order valence-corrected chi connectivity index (χ1v) is 25.3. The first kappa shape index (κ1) is 57.2. The van der Waals surface area contributed by atoms with E-state index in [0.717, 1.165) is 21.6 Å². The zero-order valence-corrected chi connectivity index (χ0v) is 41.1. The largest absolute Gasteiger partial charge is 0.370 e. The average Bonchev–Trinajstić information content (AvgIpc) is 3.84. The highest BCUT2D eigenvalue weighted by atomic mass is 33.1. The summed E-state index contributed by atoms with van der Waals surface area (Å²) < 4.78 is 0. The molecular weight excluding hydrogens is 977 g/mol. The molecule has 17 N–H and O–H groups in total. The van der Waals surface area contributed by atoms with Gasteiger partial charge in [0.05, 0.1) is 18.2 Å². The Morgan fingerprint density at radius 3 is 2.01 bits per heavy atom. The van der Waals surface area contributed by atoms with Crippen molar-refractivity contribution in [3.05, 3.63) is 71.8 Å². The van der Waals surface area contributed by atoms with Crippen molar-refractivity contribution in [1.82, 2.24) is 42.1 Å². The van der Waals surface area contributed by atoms with Crippen molar-refractivity contribution in [1.29, 1.82) is 0 Å². The molecule has 2 aromatic carbocycles. The smallest absolute Gasteiger partial charge is 0.247 e. The third-order valence-corrected chi connectivity index (χ3v) is 14.0. The number of aliphatic imine (C=N–C) groups is 1. The highest BCUT2D eigenvalue weighted by Gasteiger charge is 2.41. The topological polar surface area (TPSA) is 418 Å². The maximum Gasteiger partial charge on any atom is 0.247 e. The van der Waals surface area contributed by atoms with Gasteiger partial charge in [-0.3, -0.25) is 57.7 Å². The van der Waals surface area contributed by atoms with Crippen LogP contribution in [0.1, 0.15) is 69.0 Å². The van der Waals surface area contributed by atoms with E-state index in [1.165, 1.54) is 11.8 Å². The van der Waals surface area contributed by atoms with Crippen LogP contribution in [-0.2, 0) is 59.2 Å². The van der Waals surface area contributed by atoms with E-state index in [1.807, 2.05) is 0 Å². The van der Waals surface area contributed by atoms with Crippen molar-refractivity contribution >= 4 is 92.5 Å². The van der Waals surface area contributed by atoms with Gasteiger partial charge in [0.2, 0.25) is 65.0 Å². The summed E-state index contributed by atoms with van der Waals surface area (Å²) in [7, 11) is 1.95. The van der Waals surface area contributed by atoms with E-state index in [4.69, 9.17) is 28.7 Å². The molecule has 2 aromatic rings. The van der Waals surface area contributed by atoms with Crippen LogP contribution in [0.2, 0.25) is 0 Å². The lowest BCUT2D eigenvalue weighted by Gasteiger charge is -2.30. The number of carbonyl (C=O) groups is 11. The molecule has 8 atom stereocenters. The number of rotatable bonds is 18. The second-order valence-corrected chi connectivity index (χ2v) is 19.6. The Morgan fingerprint density at radius 2 is 1.38 bits per heavy atom. The van der Waals surface area contributed by atoms with Gasteiger partial charge in [-0.2, -0.15) is 0 Å². The molecule has 11 amide bonds. The lowest BCUT2D eigenvalue weighted by molar-refractivity contribution is -0.142. The number of benzene rings is 2. The van der Waals surface area contributed by atoms with Crippen molar-refractivity contribution in [3.8, 4) is 0 Å². The van der Waals surface area contributed by atoms with E-state index < -0.39 is 138 Å². The Morgan fingerprint density at radius 1 is 0.750 bits per heavy atom. The molecule has 27 heteroatoms. The molecule has 2 aliphatic rings. The normalized spacial score (nSPS) is 22.9. The summed E-state index contributed by atoms with van der Waals surface area (Å²) in [6, 6.07) is 6.78. The first-order chi connectivity index (χ1) is 34.2. The van der Waals surface area contributed by atoms with Crippen LogP contribution >= 0.6 is 21.6 Å². The summed E-state index contributed by atoms with van der Waals surface area (Å²) in [4.78, 5) is 153. The van der Waals surface area contributed by atoms with Gasteiger partial charge in [-0.05, 0) is 50.2 Å². The van der Waals surface area contributed by atoms with Gasteiger partial charge in [-0.1, -0.05) is 82.3 Å². The summed E-state index contributed by atoms with van der Waals surface area (Å²) >= 11 is 0. The fourth-order valence-corrected chi connectivity index (χ4v) is 9.89. The van der Waals surface area contributed by atoms with Gasteiger partial charge >= 0.3 is 0 Å². The maximum absolute atomic E-state index is 14.6. The van der Waals surface area contributed by atoms with Crippen molar-refractivity contribution in [2.45, 2.75) is 106 Å². The number of carbonyl (C=O) groups excluding carboxylic acids is 11. The van der Waals surface area contributed by atoms with Gasteiger partial charge in [0.25, 0.3) is 0 Å². The van der Waals surface area contributed by atoms with Crippen molar-refractivity contribution < 1.29 is 52.7 Å². The van der Waals surface area contributed by atoms with Gasteiger partial charge in [0, 0.05) is 31.7 Å². The van der Waals surface area contributed by atoms with E-state index in [9.17, 15) is 52.7 Å². The number of guanidine groups is 1. The van der Waals surface area contributed by atoms with Crippen molar-refractivity contribution in [2.24, 2.45) is 33.7 Å². The molecule has 390 valence electrons. The molecule has 25 nitrogen and oxygen atoms in total. The van der Waals surface area contributed by atoms with Crippen LogP contribution < -0.4 is 65.9 Å². The first-order valence-electron chi connectivity index (χ1n) is 22.9. The molecule has 0 aliphatic carbocycles. The molecule has 0 saturated carbocycles. The molecule has 4 rings (SSSR count). The Labute approximate surface area is 422 Å². The van der Waals surface area contributed by atoms with Gasteiger partial charge in [-0.15, -0.1) is 0 Å². The summed E-state index contributed by atoms with van der Waals surface area (Å²) in [6.07, 6.45) is -1.08. The molecular formula is C45H62N14O11S2. The van der Waals surface area contributed by atoms with E-state index in [0.29, 0.717) is 17.5 Å². The Hall–Kier alpha value is -7.42. The van der Waals surface area contributed by atoms with E-state index in [-0.39, 0.29) is 50.5 Å². The van der Waals surface area contributed by atoms with Crippen LogP contribution in [0.25, 0.3) is 0 Å². The van der Waals surface area contributed by atoms with Crippen LogP contribution in [0.15, 0.2) is 65.7 Å². The molecule has 2 heterocycles. The fourth-order valence-electron chi connectivity index (χ4n) is 7.57. The number of nitrogens with one attached hydrogen (secondary N) is 7. The minimum atomic E-state index is -1.77. The number of likely N-dealkylation sites (tertiary alicyclic amines) is 1. The van der Waals surface area contributed by atoms with Gasteiger partial charge < -0.3 is 70.8 Å². The Kier molecular flexibility index (Phi) is 22.6. The number of hydrogen-bond acceptors (Lipinski definition) is 14. The van der Waals surface area contributed by atoms with Crippen LogP contribution in [0.5, 0.6) is 0 Å². The molecule has 2 saturated heterocycles. The molecule has 72 heavy (non-hydrogen) atoms. The zero-order chi connectivity index (χ0) is 52.9. The predicted molar refractivity (Wildman–Crippen MR) is 266 cm³/mol. The molecule has 0 aromatic heterocycles. The molecule has 0 spiro atoms. The SMILES string of the molecule is CC1SSC[C@@H](C(=O)N2CCC[C@H]2C(=O)N[C@@H](CCCN=C(N)N)C(=O)NCC(N)=O)NC(=O)[C@H](CC(N)=O)NC(=O)[C@H](CCC(N)=O)NC(=O)[C@H](Cc2ccccc2)NC(=O)[C@@H](c2ccccc2)NC1=O. The highest BCUT2D eigenvalue weighted by molar-refractivity contribution is 8.77. The van der Waals surface area contributed by atoms with Gasteiger partial charge in [-0.25, -0.2) is 0 Å². The Bertz CT molecular complexity index is 2330. The summed E-state index contributed by atoms with van der Waals surface area (Å²) in [6.45, 7) is 1.12. The number of nitrogens with two attached hydrogens (primary N) is 5. The lowest BCUT2D eigenvalue weighted by atomic mass is 10.0. The van der Waals surface area contributed by atoms with Crippen molar-refractivity contribution in [3.63, 3.8) is 0 Å². The van der Waals surface area contributed by atoms with Crippen LogP contribution in [0.3, 0.4) is 0 Å². The van der Waals surface area contributed by atoms with Crippen LogP contribution in [0.4, 0.5) is 0 Å². The van der Waals surface area contributed by atoms with E-state index in [2.05, 4.69) is 42.2 Å². The lowest BCUT2D eigenvalue weighted by Crippen LogP contribution is -2.60. The summed E-state index contributed by atoms with van der Waals surface area (Å²) in [5.74, 6) is -9.95. The van der Waals surface area contributed by atoms with Gasteiger partial charge in [0.15, 0.2) is 5.96 Å². The zero-order valence-electron chi connectivity index (χ0n) is 39.5. The quantitative estimate of drug-likeness (QED) is 0.0294. The highest BCUT2D eigenvalue weighted by Crippen LogP contribution is 2.30. The third kappa shape index (κ3) is 18.4. The minimum absolute atomic E-state index is 0.0111. The fraction of sp³-hybridized carbons (Fsp3) is 0.467. The summed E-state index contributed by atoms with van der Waals surface area (Å²) in [5, 5.41) is 17.0. The third-order valence-electron chi connectivity index (χ3n) is 11.2. The number of amides is 11. The molecule has 2 fully saturated rings. The second kappa shape index (κ2) is 28.4. The average molecular weight is 1040 g/mol. The standard InChI is InChI=1S/C45H62N14O11S2/c1-24-37(63)58-36(26-12-6-3-7-13-26)43(69)56-29(20-25-10-4-2-5-11-25)40(66)53-28(16-17-33(46)60)39(65)55-30(21-34(47)61)41(67)57-31(23-71-72-24)44(70)59-19-9-15-32(59)42(68)54-27(14-8-18-51-45(49)50)38(64)52-22-35(48)62/h2-7,10-13,24,27-32,36H,8-9,14-23H2,1H3,(H2,46,60)(H2,47,61)(H2,48,62)(H,52,64)(H,53,66)(H,54,68)(H,55,65)(H,56,69)(H,57,67)(H,58,63)(H4,49,50,51)/t24?,27-,28-,29-,30-,31-,32-,36+/m0/s1. The molecule has 0 bridgehead atoms. The monoisotopic (exact) mass is 1040 g/mol. The van der Waals surface area contributed by atoms with Gasteiger partial charge in [0.1, 0.15) is 42.3 Å². The molecule has 1 unspecified atom stereocenters. The van der Waals surface area contributed by atoms with Crippen LogP contribution in [-0.4, -0.2) is 143 Å². The minimum Gasteiger partial charge on any atom is -0.370 e. The Balaban J connectivity index is 1.71. The molecule has 2 aliphatic heterocycles. The second-order valence-electron chi connectivity index (χ2n) is 16.9. The summed E-state index contributed by atoms with van der Waals surface area (Å²) in [5.41, 5.74) is 28.0. The number of hydrogen-bond donors (Lipinski definition) is 12. The van der Waals surface area contributed by atoms with E-state index >= 15 is 0 Å². The van der Waals surface area contributed by atoms with E-state index in [1.54, 1.807) is 60.7 Å². The van der Waals surface area contributed by atoms with Crippen LogP contribution in [0, 0.1) is 0 Å². The number of primary amides is 3. The van der Waals surface area contributed by atoms with Crippen molar-refractivity contribution in [2.75, 3.05) is 25.4 Å². The maximum atomic E-state index is 14.6. The number of nitrogens with zero attached hydrogens (tertiary/aromatic N) is 2.